The normalized spacial score (nSPS) is 13.0. The number of nitrogens with zero attached hydrogens (tertiary/aromatic N) is 6. The van der Waals surface area contributed by atoms with E-state index in [0.717, 1.165) is 45.3 Å². The van der Waals surface area contributed by atoms with Gasteiger partial charge in [-0.25, -0.2) is 0 Å². The second kappa shape index (κ2) is 8.79. The zero-order chi connectivity index (χ0) is 19.2. The van der Waals surface area contributed by atoms with Crippen LogP contribution in [0.4, 0.5) is 26.3 Å². The number of hydrogen-bond donors (Lipinski definition) is 0. The molecule has 0 bridgehead atoms. The van der Waals surface area contributed by atoms with E-state index in [1.807, 2.05) is 0 Å². The minimum atomic E-state index is -4.36. The molecule has 14 heteroatoms. The Morgan fingerprint density at radius 1 is 0.769 bits per heavy atom. The summed E-state index contributed by atoms with van der Waals surface area (Å²) in [6, 6.07) is 0. The van der Waals surface area contributed by atoms with Crippen molar-refractivity contribution in [2.24, 2.45) is 0 Å². The van der Waals surface area contributed by atoms with Gasteiger partial charge in [-0.05, 0) is 0 Å². The second-order valence-corrected chi connectivity index (χ2v) is 6.78. The highest BCUT2D eigenvalue weighted by Gasteiger charge is 2.30. The zero-order valence-corrected chi connectivity index (χ0v) is 14.5. The molecule has 0 aliphatic carbocycles. The van der Waals surface area contributed by atoms with Crippen molar-refractivity contribution in [1.29, 1.82) is 0 Å². The van der Waals surface area contributed by atoms with Gasteiger partial charge >= 0.3 is 12.4 Å². The van der Waals surface area contributed by atoms with E-state index in [4.69, 9.17) is 0 Å². The van der Waals surface area contributed by atoms with Gasteiger partial charge in [-0.3, -0.25) is 9.13 Å². The summed E-state index contributed by atoms with van der Waals surface area (Å²) < 4.78 is 76.0. The lowest BCUT2D eigenvalue weighted by Crippen LogP contribution is -2.17. The monoisotopic (exact) mass is 418 g/mol. The van der Waals surface area contributed by atoms with Gasteiger partial charge in [-0.15, -0.1) is 20.4 Å². The van der Waals surface area contributed by atoms with Crippen LogP contribution in [-0.2, 0) is 13.1 Å². The molecule has 0 unspecified atom stereocenters. The van der Waals surface area contributed by atoms with Crippen LogP contribution in [0.5, 0.6) is 0 Å². The topological polar surface area (TPSA) is 61.4 Å². The molecule has 26 heavy (non-hydrogen) atoms. The first kappa shape index (κ1) is 20.6. The van der Waals surface area contributed by atoms with E-state index in [2.05, 4.69) is 20.4 Å². The molecule has 6 nitrogen and oxygen atoms in total. The van der Waals surface area contributed by atoms with Crippen LogP contribution >= 0.6 is 23.5 Å². The fourth-order valence-corrected chi connectivity index (χ4v) is 3.22. The van der Waals surface area contributed by atoms with E-state index >= 15 is 0 Å². The average molecular weight is 418 g/mol. The fraction of sp³-hybridized carbons (Fsp3) is 0.500. The number of halogens is 6. The Hall–Kier alpha value is -1.70. The Morgan fingerprint density at radius 2 is 1.15 bits per heavy atom. The van der Waals surface area contributed by atoms with Gasteiger partial charge in [0, 0.05) is 11.5 Å². The van der Waals surface area contributed by atoms with E-state index in [1.54, 1.807) is 12.2 Å². The maximum absolute atomic E-state index is 12.4. The highest BCUT2D eigenvalue weighted by molar-refractivity contribution is 7.99. The molecule has 2 aromatic rings. The van der Waals surface area contributed by atoms with Gasteiger partial charge in [-0.2, -0.15) is 26.3 Å². The maximum atomic E-state index is 12.4. The van der Waals surface area contributed by atoms with Crippen molar-refractivity contribution >= 4 is 23.5 Å². The molecule has 0 saturated heterocycles. The third-order valence-electron chi connectivity index (χ3n) is 2.64. The summed E-state index contributed by atoms with van der Waals surface area (Å²) in [6.45, 7) is -2.34. The van der Waals surface area contributed by atoms with Crippen molar-refractivity contribution in [3.05, 3.63) is 24.8 Å². The maximum Gasteiger partial charge on any atom is 0.406 e. The Kier molecular flexibility index (Phi) is 6.97. The van der Waals surface area contributed by atoms with Crippen molar-refractivity contribution in [2.75, 3.05) is 11.5 Å². The quantitative estimate of drug-likeness (QED) is 0.372. The molecular weight excluding hydrogens is 406 g/mol. The van der Waals surface area contributed by atoms with Crippen LogP contribution in [-0.4, -0.2) is 53.4 Å². The third kappa shape index (κ3) is 7.27. The minimum Gasteiger partial charge on any atom is -0.299 e. The highest BCUT2D eigenvalue weighted by atomic mass is 32.2. The van der Waals surface area contributed by atoms with E-state index in [0.29, 0.717) is 11.5 Å². The van der Waals surface area contributed by atoms with Gasteiger partial charge in [0.2, 0.25) is 0 Å². The summed E-state index contributed by atoms with van der Waals surface area (Å²) in [5.41, 5.74) is 0. The number of rotatable bonds is 8. The van der Waals surface area contributed by atoms with Gasteiger partial charge < -0.3 is 0 Å². The molecule has 0 amide bonds. The Bertz CT molecular complexity index is 662. The summed E-state index contributed by atoms with van der Waals surface area (Å²) >= 11 is 2.13. The van der Waals surface area contributed by atoms with Gasteiger partial charge in [0.1, 0.15) is 25.7 Å². The first-order valence-electron chi connectivity index (χ1n) is 6.94. The molecule has 2 aromatic heterocycles. The van der Waals surface area contributed by atoms with Crippen molar-refractivity contribution in [1.82, 2.24) is 29.5 Å². The van der Waals surface area contributed by atoms with E-state index < -0.39 is 25.4 Å². The second-order valence-electron chi connectivity index (χ2n) is 4.81. The van der Waals surface area contributed by atoms with Crippen LogP contribution in [0.2, 0.25) is 0 Å². The molecule has 0 fully saturated rings. The van der Waals surface area contributed by atoms with Crippen LogP contribution in [0.15, 0.2) is 35.1 Å². The summed E-state index contributed by atoms with van der Waals surface area (Å²) in [5, 5.41) is 14.4. The smallest absolute Gasteiger partial charge is 0.299 e. The molecule has 2 rings (SSSR count). The van der Waals surface area contributed by atoms with Gasteiger partial charge in [0.15, 0.2) is 10.3 Å². The SMILES string of the molecule is FC(F)(F)Cn1cnnc1SCC=CCSc1nncn1CC(F)(F)F. The van der Waals surface area contributed by atoms with E-state index in [-0.39, 0.29) is 10.3 Å². The lowest BCUT2D eigenvalue weighted by molar-refractivity contribution is -0.142. The number of hydrogen-bond acceptors (Lipinski definition) is 6. The Balaban J connectivity index is 1.76. The summed E-state index contributed by atoms with van der Waals surface area (Å²) in [5.74, 6) is 0.679. The van der Waals surface area contributed by atoms with Crippen molar-refractivity contribution in [3.8, 4) is 0 Å². The highest BCUT2D eigenvalue weighted by Crippen LogP contribution is 2.23. The summed E-state index contributed by atoms with van der Waals surface area (Å²) in [6.07, 6.45) is -3.37. The molecule has 0 aromatic carbocycles. The number of aromatic nitrogens is 6. The number of alkyl halides is 6. The van der Waals surface area contributed by atoms with Crippen molar-refractivity contribution in [2.45, 2.75) is 35.8 Å². The van der Waals surface area contributed by atoms with E-state index in [1.165, 1.54) is 0 Å². The van der Waals surface area contributed by atoms with Crippen LogP contribution in [0.3, 0.4) is 0 Å². The molecule has 0 saturated carbocycles. The molecule has 0 spiro atoms. The molecule has 0 radical (unpaired) electrons. The molecule has 0 aliphatic heterocycles. The largest absolute Gasteiger partial charge is 0.406 e. The first-order valence-corrected chi connectivity index (χ1v) is 8.91. The molecule has 0 N–H and O–H groups in total. The molecule has 2 heterocycles. The average Bonchev–Trinajstić information content (AvgIpc) is 3.09. The van der Waals surface area contributed by atoms with Gasteiger partial charge in [0.05, 0.1) is 0 Å². The van der Waals surface area contributed by atoms with Crippen molar-refractivity contribution in [3.63, 3.8) is 0 Å². The Labute approximate surface area is 152 Å². The standard InChI is InChI=1S/C12H12F6N6S2/c13-11(14,15)5-23-7-19-21-9(23)25-3-1-2-4-26-10-22-20-8-24(10)6-12(16,17)18/h1-2,7-8H,3-6H2. The lowest BCUT2D eigenvalue weighted by atomic mass is 10.6. The summed E-state index contributed by atoms with van der Waals surface area (Å²) in [4.78, 5) is 0. The molecule has 0 atom stereocenters. The molecular formula is C12H12F6N6S2. The van der Waals surface area contributed by atoms with Gasteiger partial charge in [0.25, 0.3) is 0 Å². The van der Waals surface area contributed by atoms with Crippen LogP contribution < -0.4 is 0 Å². The predicted molar refractivity (Wildman–Crippen MR) is 82.7 cm³/mol. The minimum absolute atomic E-state index is 0.129. The number of thioether (sulfide) groups is 2. The van der Waals surface area contributed by atoms with Gasteiger partial charge in [-0.1, -0.05) is 35.7 Å². The molecule has 144 valence electrons. The van der Waals surface area contributed by atoms with Crippen LogP contribution in [0.1, 0.15) is 0 Å². The molecule has 0 aliphatic rings. The van der Waals surface area contributed by atoms with Crippen LogP contribution in [0.25, 0.3) is 0 Å². The summed E-state index contributed by atoms with van der Waals surface area (Å²) in [7, 11) is 0. The fourth-order valence-electron chi connectivity index (χ4n) is 1.70. The van der Waals surface area contributed by atoms with E-state index in [9.17, 15) is 26.3 Å². The first-order chi connectivity index (χ1) is 12.1. The third-order valence-corrected chi connectivity index (χ3v) is 4.51. The predicted octanol–water partition coefficient (Wildman–Crippen LogP) is 3.43. The van der Waals surface area contributed by atoms with Crippen molar-refractivity contribution < 1.29 is 26.3 Å². The zero-order valence-electron chi connectivity index (χ0n) is 12.9. The van der Waals surface area contributed by atoms with Crippen LogP contribution in [0, 0.1) is 0 Å². The lowest BCUT2D eigenvalue weighted by Gasteiger charge is -2.08. The Morgan fingerprint density at radius 3 is 1.50 bits per heavy atom.